The highest BCUT2D eigenvalue weighted by molar-refractivity contribution is 5.52. The summed E-state index contributed by atoms with van der Waals surface area (Å²) >= 11 is 0. The third-order valence-corrected chi connectivity index (χ3v) is 2.77. The van der Waals surface area contributed by atoms with Gasteiger partial charge >= 0.3 is 0 Å². The summed E-state index contributed by atoms with van der Waals surface area (Å²) in [6.45, 7) is 4.04. The van der Waals surface area contributed by atoms with Crippen LogP contribution in [-0.4, -0.2) is 31.4 Å². The standard InChI is InChI=1S/C14H21N3/c1-12(17(2)3)14(16-11-15)10-9-13-7-5-4-6-8-13/h4-8,11,14H,1,9-10H2,2-3H3,(H2,15,16). The first kappa shape index (κ1) is 13.3. The van der Waals surface area contributed by atoms with E-state index in [4.69, 9.17) is 5.73 Å². The van der Waals surface area contributed by atoms with Crippen LogP contribution in [-0.2, 0) is 6.42 Å². The monoisotopic (exact) mass is 231 g/mol. The Kier molecular flexibility index (Phi) is 5.27. The Balaban J connectivity index is 2.59. The van der Waals surface area contributed by atoms with E-state index in [1.807, 2.05) is 25.1 Å². The topological polar surface area (TPSA) is 41.6 Å². The van der Waals surface area contributed by atoms with Gasteiger partial charge in [0.05, 0.1) is 12.4 Å². The van der Waals surface area contributed by atoms with Crippen LogP contribution in [0.5, 0.6) is 0 Å². The predicted octanol–water partition coefficient (Wildman–Crippen LogP) is 2.05. The second-order valence-corrected chi connectivity index (χ2v) is 4.22. The van der Waals surface area contributed by atoms with Crippen LogP contribution in [0.4, 0.5) is 0 Å². The van der Waals surface area contributed by atoms with Crippen molar-refractivity contribution in [3.63, 3.8) is 0 Å². The molecule has 0 spiro atoms. The van der Waals surface area contributed by atoms with Crippen LogP contribution in [0, 0.1) is 0 Å². The normalized spacial score (nSPS) is 12.6. The smallest absolute Gasteiger partial charge is 0.0910 e. The number of hydrogen-bond acceptors (Lipinski definition) is 2. The predicted molar refractivity (Wildman–Crippen MR) is 74.1 cm³/mol. The van der Waals surface area contributed by atoms with Crippen LogP contribution in [0.15, 0.2) is 47.6 Å². The van der Waals surface area contributed by atoms with Gasteiger partial charge in [0.25, 0.3) is 0 Å². The van der Waals surface area contributed by atoms with Gasteiger partial charge in [-0.15, -0.1) is 0 Å². The van der Waals surface area contributed by atoms with Gasteiger partial charge in [-0.05, 0) is 18.4 Å². The number of aliphatic imine (C=N–C) groups is 1. The van der Waals surface area contributed by atoms with Gasteiger partial charge < -0.3 is 10.6 Å². The molecule has 0 saturated carbocycles. The van der Waals surface area contributed by atoms with Gasteiger partial charge in [0.1, 0.15) is 0 Å². The van der Waals surface area contributed by atoms with Crippen LogP contribution in [0.25, 0.3) is 0 Å². The van der Waals surface area contributed by atoms with Crippen LogP contribution in [0.2, 0.25) is 0 Å². The van der Waals surface area contributed by atoms with Crippen molar-refractivity contribution in [3.05, 3.63) is 48.2 Å². The first-order valence-corrected chi connectivity index (χ1v) is 5.78. The van der Waals surface area contributed by atoms with Gasteiger partial charge in [0.2, 0.25) is 0 Å². The largest absolute Gasteiger partial charge is 0.390 e. The second kappa shape index (κ2) is 6.74. The quantitative estimate of drug-likeness (QED) is 0.601. The molecule has 0 aliphatic carbocycles. The molecule has 3 heteroatoms. The van der Waals surface area contributed by atoms with E-state index in [1.165, 1.54) is 11.9 Å². The third-order valence-electron chi connectivity index (χ3n) is 2.77. The fraction of sp³-hybridized carbons (Fsp3) is 0.357. The number of hydrogen-bond donors (Lipinski definition) is 1. The number of aryl methyl sites for hydroxylation is 1. The summed E-state index contributed by atoms with van der Waals surface area (Å²) in [5.74, 6) is 0. The molecule has 0 amide bonds. The summed E-state index contributed by atoms with van der Waals surface area (Å²) < 4.78 is 0. The van der Waals surface area contributed by atoms with E-state index in [0.29, 0.717) is 0 Å². The molecule has 1 atom stereocenters. The fourth-order valence-corrected chi connectivity index (χ4v) is 1.68. The van der Waals surface area contributed by atoms with Gasteiger partial charge in [-0.3, -0.25) is 4.99 Å². The van der Waals surface area contributed by atoms with Gasteiger partial charge in [0, 0.05) is 19.8 Å². The highest BCUT2D eigenvalue weighted by Gasteiger charge is 2.12. The molecule has 17 heavy (non-hydrogen) atoms. The molecule has 1 unspecified atom stereocenters. The lowest BCUT2D eigenvalue weighted by molar-refractivity contribution is 0.454. The lowest BCUT2D eigenvalue weighted by atomic mass is 10.0. The minimum absolute atomic E-state index is 0.0650. The summed E-state index contributed by atoms with van der Waals surface area (Å²) in [4.78, 5) is 6.26. The molecule has 1 aromatic carbocycles. The van der Waals surface area contributed by atoms with Crippen LogP contribution in [0.1, 0.15) is 12.0 Å². The molecule has 0 fully saturated rings. The Morgan fingerprint density at radius 3 is 2.59 bits per heavy atom. The van der Waals surface area contributed by atoms with Crippen LogP contribution < -0.4 is 5.73 Å². The zero-order valence-corrected chi connectivity index (χ0v) is 10.6. The van der Waals surface area contributed by atoms with E-state index in [-0.39, 0.29) is 6.04 Å². The fourth-order valence-electron chi connectivity index (χ4n) is 1.68. The summed E-state index contributed by atoms with van der Waals surface area (Å²) in [6, 6.07) is 10.4. The number of rotatable bonds is 6. The summed E-state index contributed by atoms with van der Waals surface area (Å²) in [5.41, 5.74) is 7.69. The van der Waals surface area contributed by atoms with Crippen molar-refractivity contribution in [3.8, 4) is 0 Å². The van der Waals surface area contributed by atoms with Gasteiger partial charge in [-0.1, -0.05) is 36.9 Å². The molecular weight excluding hydrogens is 210 g/mol. The SMILES string of the molecule is C=C(C(CCc1ccccc1)N=CN)N(C)C. The zero-order chi connectivity index (χ0) is 12.7. The van der Waals surface area contributed by atoms with Crippen molar-refractivity contribution < 1.29 is 0 Å². The summed E-state index contributed by atoms with van der Waals surface area (Å²) in [6.07, 6.45) is 3.27. The number of benzene rings is 1. The van der Waals surface area contributed by atoms with Crippen molar-refractivity contribution >= 4 is 6.34 Å². The van der Waals surface area contributed by atoms with Gasteiger partial charge in [0.15, 0.2) is 0 Å². The molecule has 0 aliphatic rings. The molecule has 2 N–H and O–H groups in total. The molecule has 0 saturated heterocycles. The Morgan fingerprint density at radius 2 is 2.06 bits per heavy atom. The maximum Gasteiger partial charge on any atom is 0.0910 e. The first-order chi connectivity index (χ1) is 8.15. The highest BCUT2D eigenvalue weighted by atomic mass is 15.1. The maximum atomic E-state index is 5.39. The highest BCUT2D eigenvalue weighted by Crippen LogP contribution is 2.14. The summed E-state index contributed by atoms with van der Waals surface area (Å²) in [7, 11) is 3.95. The zero-order valence-electron chi connectivity index (χ0n) is 10.6. The van der Waals surface area contributed by atoms with Gasteiger partial charge in [-0.25, -0.2) is 0 Å². The Bertz CT molecular complexity index is 368. The first-order valence-electron chi connectivity index (χ1n) is 5.78. The molecular formula is C14H21N3. The third kappa shape index (κ3) is 4.31. The van der Waals surface area contributed by atoms with Crippen molar-refractivity contribution in [1.29, 1.82) is 0 Å². The molecule has 0 heterocycles. The number of nitrogens with zero attached hydrogens (tertiary/aromatic N) is 2. The lowest BCUT2D eigenvalue weighted by Crippen LogP contribution is -2.22. The molecule has 92 valence electrons. The average Bonchev–Trinajstić information content (AvgIpc) is 2.34. The summed E-state index contributed by atoms with van der Waals surface area (Å²) in [5, 5.41) is 0. The van der Waals surface area contributed by atoms with E-state index in [9.17, 15) is 0 Å². The van der Waals surface area contributed by atoms with Crippen molar-refractivity contribution in [2.45, 2.75) is 18.9 Å². The lowest BCUT2D eigenvalue weighted by Gasteiger charge is -2.22. The van der Waals surface area contributed by atoms with E-state index in [1.54, 1.807) is 0 Å². The molecule has 1 rings (SSSR count). The molecule has 0 bridgehead atoms. The molecule has 0 aliphatic heterocycles. The van der Waals surface area contributed by atoms with E-state index in [2.05, 4.69) is 35.8 Å². The van der Waals surface area contributed by atoms with Crippen LogP contribution in [0.3, 0.4) is 0 Å². The second-order valence-electron chi connectivity index (χ2n) is 4.22. The van der Waals surface area contributed by atoms with E-state index in [0.717, 1.165) is 18.5 Å². The average molecular weight is 231 g/mol. The van der Waals surface area contributed by atoms with Crippen molar-refractivity contribution in [1.82, 2.24) is 4.90 Å². The minimum atomic E-state index is 0.0650. The molecule has 3 nitrogen and oxygen atoms in total. The minimum Gasteiger partial charge on any atom is -0.390 e. The van der Waals surface area contributed by atoms with Crippen molar-refractivity contribution in [2.75, 3.05) is 14.1 Å². The molecule has 0 radical (unpaired) electrons. The Hall–Kier alpha value is -1.77. The molecule has 1 aromatic rings. The number of likely N-dealkylation sites (N-methyl/N-ethyl adjacent to an activating group) is 1. The number of nitrogens with two attached hydrogens (primary N) is 1. The van der Waals surface area contributed by atoms with Crippen molar-refractivity contribution in [2.24, 2.45) is 10.7 Å². The Labute approximate surface area is 104 Å². The Morgan fingerprint density at radius 1 is 1.41 bits per heavy atom. The van der Waals surface area contributed by atoms with E-state index >= 15 is 0 Å². The molecule has 0 aromatic heterocycles. The van der Waals surface area contributed by atoms with Crippen LogP contribution >= 0.6 is 0 Å². The van der Waals surface area contributed by atoms with E-state index < -0.39 is 0 Å². The maximum absolute atomic E-state index is 5.39. The van der Waals surface area contributed by atoms with Gasteiger partial charge in [-0.2, -0.15) is 0 Å².